The van der Waals surface area contributed by atoms with Crippen LogP contribution in [0.3, 0.4) is 0 Å². The lowest BCUT2D eigenvalue weighted by atomic mass is 10.1. The molecule has 114 valence electrons. The summed E-state index contributed by atoms with van der Waals surface area (Å²) in [5, 5.41) is 8.81. The Balaban J connectivity index is 2.41. The average molecular weight is 306 g/mol. The van der Waals surface area contributed by atoms with Gasteiger partial charge in [-0.25, -0.2) is 4.68 Å². The summed E-state index contributed by atoms with van der Waals surface area (Å²) < 4.78 is 2.01. The molecule has 3 nitrogen and oxygen atoms in total. The van der Waals surface area contributed by atoms with Crippen molar-refractivity contribution in [1.82, 2.24) is 15.1 Å². The molecular formula is C17H24ClN3. The SMILES string of the molecule is Cc1ccc(-n2ncc(CNC(C)C)c2C(C)C)cc1Cl. The fourth-order valence-electron chi connectivity index (χ4n) is 2.38. The number of hydrogen-bond acceptors (Lipinski definition) is 2. The summed E-state index contributed by atoms with van der Waals surface area (Å²) in [5.74, 6) is 0.400. The van der Waals surface area contributed by atoms with Crippen LogP contribution in [-0.4, -0.2) is 15.8 Å². The van der Waals surface area contributed by atoms with E-state index in [2.05, 4.69) is 44.2 Å². The first-order valence-corrected chi connectivity index (χ1v) is 7.84. The zero-order valence-electron chi connectivity index (χ0n) is 13.4. The van der Waals surface area contributed by atoms with Crippen molar-refractivity contribution in [3.63, 3.8) is 0 Å². The van der Waals surface area contributed by atoms with E-state index in [4.69, 9.17) is 11.6 Å². The molecule has 1 aromatic heterocycles. The first kappa shape index (κ1) is 16.1. The van der Waals surface area contributed by atoms with E-state index < -0.39 is 0 Å². The zero-order chi connectivity index (χ0) is 15.6. The predicted molar refractivity (Wildman–Crippen MR) is 89.4 cm³/mol. The van der Waals surface area contributed by atoms with E-state index in [9.17, 15) is 0 Å². The third-order valence-electron chi connectivity index (χ3n) is 3.53. The Kier molecular flexibility index (Phi) is 5.07. The van der Waals surface area contributed by atoms with Gasteiger partial charge in [0.2, 0.25) is 0 Å². The quantitative estimate of drug-likeness (QED) is 0.884. The number of nitrogens with zero attached hydrogens (tertiary/aromatic N) is 2. The van der Waals surface area contributed by atoms with Gasteiger partial charge in [0, 0.05) is 23.2 Å². The Morgan fingerprint density at radius 1 is 1.24 bits per heavy atom. The highest BCUT2D eigenvalue weighted by molar-refractivity contribution is 6.31. The van der Waals surface area contributed by atoms with Crippen molar-refractivity contribution in [2.24, 2.45) is 0 Å². The van der Waals surface area contributed by atoms with Crippen LogP contribution < -0.4 is 5.32 Å². The summed E-state index contributed by atoms with van der Waals surface area (Å²) in [6.07, 6.45) is 1.96. The van der Waals surface area contributed by atoms with Crippen LogP contribution in [0.25, 0.3) is 5.69 Å². The lowest BCUT2D eigenvalue weighted by Gasteiger charge is -2.15. The van der Waals surface area contributed by atoms with Crippen molar-refractivity contribution in [3.8, 4) is 5.69 Å². The van der Waals surface area contributed by atoms with Gasteiger partial charge in [0.05, 0.1) is 17.6 Å². The van der Waals surface area contributed by atoms with Gasteiger partial charge in [-0.3, -0.25) is 0 Å². The van der Waals surface area contributed by atoms with E-state index in [-0.39, 0.29) is 0 Å². The smallest absolute Gasteiger partial charge is 0.0664 e. The van der Waals surface area contributed by atoms with E-state index in [0.29, 0.717) is 12.0 Å². The Morgan fingerprint density at radius 3 is 2.52 bits per heavy atom. The molecule has 0 saturated heterocycles. The van der Waals surface area contributed by atoms with Gasteiger partial charge in [-0.1, -0.05) is 45.4 Å². The molecule has 2 aromatic rings. The summed E-state index contributed by atoms with van der Waals surface area (Å²) in [4.78, 5) is 0. The average Bonchev–Trinajstić information content (AvgIpc) is 2.83. The zero-order valence-corrected chi connectivity index (χ0v) is 14.2. The molecular weight excluding hydrogens is 282 g/mol. The van der Waals surface area contributed by atoms with Crippen molar-refractivity contribution in [2.75, 3.05) is 0 Å². The summed E-state index contributed by atoms with van der Waals surface area (Å²) in [7, 11) is 0. The van der Waals surface area contributed by atoms with Crippen LogP contribution in [0.15, 0.2) is 24.4 Å². The maximum atomic E-state index is 6.25. The molecule has 0 aliphatic heterocycles. The fourth-order valence-corrected chi connectivity index (χ4v) is 2.55. The van der Waals surface area contributed by atoms with Crippen molar-refractivity contribution in [2.45, 2.75) is 53.1 Å². The first-order valence-electron chi connectivity index (χ1n) is 7.46. The Morgan fingerprint density at radius 2 is 1.95 bits per heavy atom. The van der Waals surface area contributed by atoms with Crippen molar-refractivity contribution in [1.29, 1.82) is 0 Å². The normalized spacial score (nSPS) is 11.6. The first-order chi connectivity index (χ1) is 9.90. The van der Waals surface area contributed by atoms with Gasteiger partial charge in [0.15, 0.2) is 0 Å². The highest BCUT2D eigenvalue weighted by atomic mass is 35.5. The molecule has 1 heterocycles. The lowest BCUT2D eigenvalue weighted by molar-refractivity contribution is 0.582. The van der Waals surface area contributed by atoms with Gasteiger partial charge >= 0.3 is 0 Å². The molecule has 1 aromatic carbocycles. The number of aryl methyl sites for hydroxylation is 1. The topological polar surface area (TPSA) is 29.9 Å². The van der Waals surface area contributed by atoms with Crippen LogP contribution in [0.1, 0.15) is 50.4 Å². The molecule has 0 aliphatic rings. The molecule has 4 heteroatoms. The molecule has 2 rings (SSSR count). The van der Waals surface area contributed by atoms with Crippen LogP contribution in [0, 0.1) is 6.92 Å². The van der Waals surface area contributed by atoms with E-state index in [1.165, 1.54) is 11.3 Å². The van der Waals surface area contributed by atoms with Crippen molar-refractivity contribution < 1.29 is 0 Å². The lowest BCUT2D eigenvalue weighted by Crippen LogP contribution is -2.22. The highest BCUT2D eigenvalue weighted by Crippen LogP contribution is 2.25. The third-order valence-corrected chi connectivity index (χ3v) is 3.94. The monoisotopic (exact) mass is 305 g/mol. The van der Waals surface area contributed by atoms with E-state index in [0.717, 1.165) is 22.8 Å². The van der Waals surface area contributed by atoms with Gasteiger partial charge in [0.25, 0.3) is 0 Å². The minimum absolute atomic E-state index is 0.400. The molecule has 21 heavy (non-hydrogen) atoms. The highest BCUT2D eigenvalue weighted by Gasteiger charge is 2.16. The Labute approximate surface area is 132 Å². The Hall–Kier alpha value is -1.32. The third kappa shape index (κ3) is 3.66. The van der Waals surface area contributed by atoms with Gasteiger partial charge in [-0.2, -0.15) is 5.10 Å². The Bertz CT molecular complexity index is 614. The molecule has 0 aliphatic carbocycles. The van der Waals surface area contributed by atoms with Crippen LogP contribution in [0.2, 0.25) is 5.02 Å². The van der Waals surface area contributed by atoms with E-state index >= 15 is 0 Å². The van der Waals surface area contributed by atoms with Crippen LogP contribution in [0.5, 0.6) is 0 Å². The molecule has 0 bridgehead atoms. The van der Waals surface area contributed by atoms with Crippen LogP contribution in [0.4, 0.5) is 0 Å². The van der Waals surface area contributed by atoms with Gasteiger partial charge in [0.1, 0.15) is 0 Å². The molecule has 0 fully saturated rings. The molecule has 0 spiro atoms. The van der Waals surface area contributed by atoms with Gasteiger partial charge in [-0.05, 0) is 30.5 Å². The second-order valence-corrected chi connectivity index (χ2v) is 6.50. The number of aromatic nitrogens is 2. The minimum Gasteiger partial charge on any atom is -0.310 e. The van der Waals surface area contributed by atoms with E-state index in [1.54, 1.807) is 0 Å². The van der Waals surface area contributed by atoms with E-state index in [1.807, 2.05) is 29.9 Å². The number of nitrogens with one attached hydrogen (secondary N) is 1. The summed E-state index contributed by atoms with van der Waals surface area (Å²) in [6, 6.07) is 6.55. The number of rotatable bonds is 5. The second-order valence-electron chi connectivity index (χ2n) is 6.09. The summed E-state index contributed by atoms with van der Waals surface area (Å²) >= 11 is 6.25. The number of benzene rings is 1. The van der Waals surface area contributed by atoms with Crippen LogP contribution >= 0.6 is 11.6 Å². The fraction of sp³-hybridized carbons (Fsp3) is 0.471. The maximum absolute atomic E-state index is 6.25. The van der Waals surface area contributed by atoms with Gasteiger partial charge < -0.3 is 5.32 Å². The molecule has 0 radical (unpaired) electrons. The number of halogens is 1. The molecule has 0 amide bonds. The minimum atomic E-state index is 0.400. The second kappa shape index (κ2) is 6.63. The largest absolute Gasteiger partial charge is 0.310 e. The summed E-state index contributed by atoms with van der Waals surface area (Å²) in [5.41, 5.74) is 4.59. The molecule has 0 atom stereocenters. The van der Waals surface area contributed by atoms with Crippen LogP contribution in [-0.2, 0) is 6.54 Å². The maximum Gasteiger partial charge on any atom is 0.0664 e. The van der Waals surface area contributed by atoms with Crippen molar-refractivity contribution in [3.05, 3.63) is 46.2 Å². The molecule has 0 saturated carbocycles. The van der Waals surface area contributed by atoms with Crippen molar-refractivity contribution >= 4 is 11.6 Å². The molecule has 0 unspecified atom stereocenters. The predicted octanol–water partition coefficient (Wildman–Crippen LogP) is 4.46. The number of hydrogen-bond donors (Lipinski definition) is 1. The van der Waals surface area contributed by atoms with Gasteiger partial charge in [-0.15, -0.1) is 0 Å². The standard InChI is InChI=1S/C17H24ClN3/c1-11(2)17-14(9-19-12(3)4)10-20-21(17)15-7-6-13(5)16(18)8-15/h6-8,10-12,19H,9H2,1-5H3. The summed E-state index contributed by atoms with van der Waals surface area (Å²) in [6.45, 7) is 11.5. The molecule has 1 N–H and O–H groups in total.